The Hall–Kier alpha value is -3.55. The van der Waals surface area contributed by atoms with Gasteiger partial charge in [0.25, 0.3) is 0 Å². The van der Waals surface area contributed by atoms with Crippen LogP contribution in [0.15, 0.2) is 55.0 Å². The number of rotatable bonds is 4. The number of pyridine rings is 1. The smallest absolute Gasteiger partial charge is 0.249 e. The summed E-state index contributed by atoms with van der Waals surface area (Å²) >= 11 is 0. The molecule has 3 heterocycles. The van der Waals surface area contributed by atoms with Crippen LogP contribution in [0.4, 0.5) is 10.3 Å². The van der Waals surface area contributed by atoms with Gasteiger partial charge in [0.2, 0.25) is 11.9 Å². The fourth-order valence-electron chi connectivity index (χ4n) is 2.58. The molecular formula is C18H15FN6O. The van der Waals surface area contributed by atoms with Gasteiger partial charge in [0.15, 0.2) is 5.65 Å². The monoisotopic (exact) mass is 350 g/mol. The van der Waals surface area contributed by atoms with Crippen LogP contribution in [0.25, 0.3) is 16.8 Å². The molecule has 0 spiro atoms. The lowest BCUT2D eigenvalue weighted by atomic mass is 10.1. The van der Waals surface area contributed by atoms with Crippen molar-refractivity contribution in [3.05, 3.63) is 66.4 Å². The van der Waals surface area contributed by atoms with E-state index in [1.165, 1.54) is 10.7 Å². The van der Waals surface area contributed by atoms with Crippen LogP contribution >= 0.6 is 0 Å². The number of benzene rings is 1. The Morgan fingerprint density at radius 1 is 1.23 bits per heavy atom. The first kappa shape index (κ1) is 15.9. The van der Waals surface area contributed by atoms with Crippen LogP contribution < -0.4 is 5.32 Å². The van der Waals surface area contributed by atoms with Gasteiger partial charge in [-0.1, -0.05) is 12.1 Å². The van der Waals surface area contributed by atoms with Crippen LogP contribution in [0.2, 0.25) is 0 Å². The second-order valence-corrected chi connectivity index (χ2v) is 5.87. The number of amides is 1. The predicted molar refractivity (Wildman–Crippen MR) is 94.0 cm³/mol. The highest BCUT2D eigenvalue weighted by Crippen LogP contribution is 2.22. The molecule has 0 radical (unpaired) electrons. The third-order valence-electron chi connectivity index (χ3n) is 3.95. The zero-order valence-corrected chi connectivity index (χ0v) is 13.9. The number of aromatic nitrogens is 5. The first-order chi connectivity index (χ1) is 12.6. The lowest BCUT2D eigenvalue weighted by molar-refractivity contribution is -0.116. The van der Waals surface area contributed by atoms with Crippen LogP contribution in [0, 0.1) is 12.7 Å². The minimum absolute atomic E-state index is 0.0798. The van der Waals surface area contributed by atoms with Gasteiger partial charge >= 0.3 is 0 Å². The summed E-state index contributed by atoms with van der Waals surface area (Å²) < 4.78 is 16.9. The molecule has 0 aliphatic rings. The van der Waals surface area contributed by atoms with Gasteiger partial charge in [-0.05, 0) is 42.3 Å². The molecule has 0 atom stereocenters. The van der Waals surface area contributed by atoms with Crippen molar-refractivity contribution in [3.8, 4) is 11.1 Å². The number of anilines is 1. The van der Waals surface area contributed by atoms with Gasteiger partial charge in [-0.3, -0.25) is 14.8 Å². The summed E-state index contributed by atoms with van der Waals surface area (Å²) in [5.41, 5.74) is 2.72. The number of carbonyl (C=O) groups is 1. The van der Waals surface area contributed by atoms with E-state index in [-0.39, 0.29) is 24.2 Å². The second kappa shape index (κ2) is 6.40. The number of halogens is 1. The van der Waals surface area contributed by atoms with Gasteiger partial charge < -0.3 is 0 Å². The standard InChI is InChI=1S/C18H15FN6O/c1-12-3-4-13(9-15(12)19)14-5-6-16-21-18(23-25(16)10-14)22-17(26)11-24-8-2-7-20-24/h2-10H,11H2,1H3,(H,22,23,26). The molecule has 1 amide bonds. The SMILES string of the molecule is Cc1ccc(-c2ccc3nc(NC(=O)Cn4cccn4)nn3c2)cc1F. The first-order valence-electron chi connectivity index (χ1n) is 7.99. The molecule has 0 fully saturated rings. The van der Waals surface area contributed by atoms with Crippen LogP contribution in [0.1, 0.15) is 5.56 Å². The maximum absolute atomic E-state index is 13.8. The van der Waals surface area contributed by atoms with Crippen molar-refractivity contribution in [2.75, 3.05) is 5.32 Å². The Morgan fingerprint density at radius 2 is 2.08 bits per heavy atom. The molecule has 4 rings (SSSR count). The lowest BCUT2D eigenvalue weighted by Gasteiger charge is -2.03. The minimum atomic E-state index is -0.273. The third kappa shape index (κ3) is 3.16. The summed E-state index contributed by atoms with van der Waals surface area (Å²) in [5.74, 6) is -0.326. The van der Waals surface area contributed by atoms with E-state index in [9.17, 15) is 9.18 Å². The molecule has 130 valence electrons. The molecule has 8 heteroatoms. The molecule has 1 aromatic carbocycles. The van der Waals surface area contributed by atoms with Crippen molar-refractivity contribution < 1.29 is 9.18 Å². The van der Waals surface area contributed by atoms with Crippen molar-refractivity contribution in [1.29, 1.82) is 0 Å². The number of carbonyl (C=O) groups excluding carboxylic acids is 1. The number of nitrogens with zero attached hydrogens (tertiary/aromatic N) is 5. The Labute approximate surface area is 148 Å². The summed E-state index contributed by atoms with van der Waals surface area (Å²) in [6.07, 6.45) is 5.05. The highest BCUT2D eigenvalue weighted by molar-refractivity contribution is 5.88. The molecule has 26 heavy (non-hydrogen) atoms. The Morgan fingerprint density at radius 3 is 2.85 bits per heavy atom. The minimum Gasteiger partial charge on any atom is -0.292 e. The predicted octanol–water partition coefficient (Wildman–Crippen LogP) is 2.68. The molecule has 0 aliphatic carbocycles. The fourth-order valence-corrected chi connectivity index (χ4v) is 2.58. The van der Waals surface area contributed by atoms with E-state index in [2.05, 4.69) is 20.5 Å². The molecule has 0 saturated heterocycles. The van der Waals surface area contributed by atoms with Gasteiger partial charge in [0.05, 0.1) is 0 Å². The zero-order chi connectivity index (χ0) is 18.1. The maximum atomic E-state index is 13.8. The van der Waals surface area contributed by atoms with Crippen molar-refractivity contribution >= 4 is 17.5 Å². The molecule has 4 aromatic rings. The van der Waals surface area contributed by atoms with Crippen molar-refractivity contribution in [1.82, 2.24) is 24.4 Å². The maximum Gasteiger partial charge on any atom is 0.249 e. The van der Waals surface area contributed by atoms with E-state index >= 15 is 0 Å². The van der Waals surface area contributed by atoms with Gasteiger partial charge in [-0.25, -0.2) is 8.91 Å². The number of hydrogen-bond acceptors (Lipinski definition) is 4. The summed E-state index contributed by atoms with van der Waals surface area (Å²) in [6, 6.07) is 10.4. The molecule has 3 aromatic heterocycles. The van der Waals surface area contributed by atoms with Crippen molar-refractivity contribution in [2.45, 2.75) is 13.5 Å². The summed E-state index contributed by atoms with van der Waals surface area (Å²) in [5, 5.41) is 10.9. The molecule has 1 N–H and O–H groups in total. The molecule has 0 unspecified atom stereocenters. The third-order valence-corrected chi connectivity index (χ3v) is 3.95. The lowest BCUT2D eigenvalue weighted by Crippen LogP contribution is -2.19. The average Bonchev–Trinajstić information content (AvgIpc) is 3.25. The molecule has 0 bridgehead atoms. The summed E-state index contributed by atoms with van der Waals surface area (Å²) in [7, 11) is 0. The van der Waals surface area contributed by atoms with Gasteiger partial charge in [-0.2, -0.15) is 10.1 Å². The Kier molecular flexibility index (Phi) is 3.92. The molecule has 7 nitrogen and oxygen atoms in total. The van der Waals surface area contributed by atoms with E-state index in [4.69, 9.17) is 0 Å². The molecular weight excluding hydrogens is 335 g/mol. The van der Waals surface area contributed by atoms with E-state index in [0.29, 0.717) is 11.2 Å². The van der Waals surface area contributed by atoms with E-state index in [1.54, 1.807) is 48.2 Å². The number of aryl methyl sites for hydroxylation is 1. The normalized spacial score (nSPS) is 11.0. The molecule has 0 saturated carbocycles. The second-order valence-electron chi connectivity index (χ2n) is 5.87. The fraction of sp³-hybridized carbons (Fsp3) is 0.111. The van der Waals surface area contributed by atoms with Crippen LogP contribution in [-0.4, -0.2) is 30.3 Å². The number of fused-ring (bicyclic) bond motifs is 1. The Balaban J connectivity index is 1.57. The van der Waals surface area contributed by atoms with Crippen LogP contribution in [0.3, 0.4) is 0 Å². The largest absolute Gasteiger partial charge is 0.292 e. The highest BCUT2D eigenvalue weighted by Gasteiger charge is 2.10. The summed E-state index contributed by atoms with van der Waals surface area (Å²) in [6.45, 7) is 1.80. The average molecular weight is 350 g/mol. The van der Waals surface area contributed by atoms with Crippen molar-refractivity contribution in [2.24, 2.45) is 0 Å². The highest BCUT2D eigenvalue weighted by atomic mass is 19.1. The number of hydrogen-bond donors (Lipinski definition) is 1. The van der Waals surface area contributed by atoms with Gasteiger partial charge in [0, 0.05) is 24.2 Å². The first-order valence-corrected chi connectivity index (χ1v) is 7.99. The quantitative estimate of drug-likeness (QED) is 0.614. The van der Waals surface area contributed by atoms with Crippen LogP contribution in [-0.2, 0) is 11.3 Å². The zero-order valence-electron chi connectivity index (χ0n) is 13.9. The van der Waals surface area contributed by atoms with E-state index in [0.717, 1.165) is 11.1 Å². The van der Waals surface area contributed by atoms with E-state index in [1.807, 2.05) is 12.1 Å². The van der Waals surface area contributed by atoms with Crippen molar-refractivity contribution in [3.63, 3.8) is 0 Å². The topological polar surface area (TPSA) is 77.1 Å². The molecule has 0 aliphatic heterocycles. The summed E-state index contributed by atoms with van der Waals surface area (Å²) in [4.78, 5) is 16.3. The van der Waals surface area contributed by atoms with Gasteiger partial charge in [0.1, 0.15) is 12.4 Å². The Bertz CT molecular complexity index is 1090. The van der Waals surface area contributed by atoms with Crippen LogP contribution in [0.5, 0.6) is 0 Å². The number of nitrogens with one attached hydrogen (secondary N) is 1. The van der Waals surface area contributed by atoms with Gasteiger partial charge in [-0.15, -0.1) is 5.10 Å². The van der Waals surface area contributed by atoms with E-state index < -0.39 is 0 Å².